The molecule has 176 valence electrons. The number of hydrogen-bond acceptors (Lipinski definition) is 8. The van der Waals surface area contributed by atoms with E-state index in [1.807, 2.05) is 6.07 Å². The molecule has 2 aliphatic heterocycles. The molecule has 0 aromatic heterocycles. The summed E-state index contributed by atoms with van der Waals surface area (Å²) in [4.78, 5) is 18.0. The van der Waals surface area contributed by atoms with E-state index in [9.17, 15) is 9.90 Å². The summed E-state index contributed by atoms with van der Waals surface area (Å²) in [7, 11) is 3.15. The Morgan fingerprint density at radius 2 is 1.78 bits per heavy atom. The molecular weight excluding hydrogens is 412 g/mol. The van der Waals surface area contributed by atoms with Gasteiger partial charge in [-0.3, -0.25) is 9.69 Å². The maximum absolute atomic E-state index is 13.4. The van der Waals surface area contributed by atoms with Gasteiger partial charge >= 0.3 is 0 Å². The van der Waals surface area contributed by atoms with Gasteiger partial charge in [-0.15, -0.1) is 0 Å². The Bertz CT molecular complexity index is 836. The Labute approximate surface area is 189 Å². The molecule has 4 unspecified atom stereocenters. The summed E-state index contributed by atoms with van der Waals surface area (Å²) in [6, 6.07) is 5.43. The lowest BCUT2D eigenvalue weighted by Gasteiger charge is -2.45. The van der Waals surface area contributed by atoms with Crippen LogP contribution in [0.4, 0.5) is 0 Å². The number of β-amino-alcohol motifs (C(OH)–C–C–N with tert-alkyl or cyclic N) is 1. The van der Waals surface area contributed by atoms with Crippen LogP contribution in [0.15, 0.2) is 24.5 Å². The van der Waals surface area contributed by atoms with Crippen molar-refractivity contribution in [3.05, 3.63) is 30.0 Å². The number of rotatable bonds is 7. The fraction of sp³-hybridized carbons (Fsp3) is 0.625. The van der Waals surface area contributed by atoms with Gasteiger partial charge in [0, 0.05) is 45.2 Å². The number of fused-ring (bicyclic) bond motifs is 1. The van der Waals surface area contributed by atoms with Crippen LogP contribution in [0.3, 0.4) is 0 Å². The zero-order valence-electron chi connectivity index (χ0n) is 18.9. The SMILES string of the molecule is COc1ccc(C2=COC3C(CCC(O)C3CN3CCN(CCO)CC3)C2=O)cc1OC. The lowest BCUT2D eigenvalue weighted by atomic mass is 9.72. The smallest absolute Gasteiger partial charge is 0.173 e. The van der Waals surface area contributed by atoms with E-state index >= 15 is 0 Å². The van der Waals surface area contributed by atoms with Crippen LogP contribution in [-0.2, 0) is 9.53 Å². The van der Waals surface area contributed by atoms with E-state index in [1.54, 1.807) is 32.6 Å². The largest absolute Gasteiger partial charge is 0.496 e. The van der Waals surface area contributed by atoms with E-state index in [0.29, 0.717) is 43.0 Å². The quantitative estimate of drug-likeness (QED) is 0.641. The number of nitrogens with zero attached hydrogens (tertiary/aromatic N) is 2. The van der Waals surface area contributed by atoms with Crippen LogP contribution < -0.4 is 9.47 Å². The van der Waals surface area contributed by atoms with Gasteiger partial charge in [0.05, 0.1) is 44.7 Å². The molecule has 2 fully saturated rings. The number of ether oxygens (including phenoxy) is 3. The number of aliphatic hydroxyl groups is 2. The number of carbonyl (C=O) groups excluding carboxylic acids is 1. The van der Waals surface area contributed by atoms with Crippen molar-refractivity contribution in [3.8, 4) is 11.5 Å². The Hall–Kier alpha value is -2.13. The molecule has 4 atom stereocenters. The summed E-state index contributed by atoms with van der Waals surface area (Å²) >= 11 is 0. The first-order valence-corrected chi connectivity index (χ1v) is 11.4. The van der Waals surface area contributed by atoms with E-state index in [0.717, 1.165) is 31.7 Å². The minimum Gasteiger partial charge on any atom is -0.496 e. The first-order valence-electron chi connectivity index (χ1n) is 11.4. The number of Topliss-reactive ketones (excluding diaryl/α,β-unsaturated/α-hetero) is 1. The molecule has 0 amide bonds. The molecule has 32 heavy (non-hydrogen) atoms. The second kappa shape index (κ2) is 10.2. The Kier molecular flexibility index (Phi) is 7.35. The predicted molar refractivity (Wildman–Crippen MR) is 120 cm³/mol. The highest BCUT2D eigenvalue weighted by atomic mass is 16.5. The number of allylic oxidation sites excluding steroid dienone is 1. The van der Waals surface area contributed by atoms with Gasteiger partial charge in [0.2, 0.25) is 0 Å². The molecule has 1 aromatic carbocycles. The van der Waals surface area contributed by atoms with Crippen LogP contribution in [0.25, 0.3) is 5.57 Å². The summed E-state index contributed by atoms with van der Waals surface area (Å²) in [6.07, 6.45) is 2.00. The first kappa shape index (κ1) is 23.0. The summed E-state index contributed by atoms with van der Waals surface area (Å²) in [5.41, 5.74) is 1.29. The van der Waals surface area contributed by atoms with E-state index in [1.165, 1.54) is 0 Å². The predicted octanol–water partition coefficient (Wildman–Crippen LogP) is 1.01. The summed E-state index contributed by atoms with van der Waals surface area (Å²) in [6.45, 7) is 5.17. The highest BCUT2D eigenvalue weighted by molar-refractivity contribution is 6.22. The molecule has 1 saturated carbocycles. The van der Waals surface area contributed by atoms with Gasteiger partial charge in [0.25, 0.3) is 0 Å². The van der Waals surface area contributed by atoms with Gasteiger partial charge in [-0.1, -0.05) is 6.07 Å². The molecule has 1 aromatic rings. The molecule has 1 saturated heterocycles. The monoisotopic (exact) mass is 446 g/mol. The first-order chi connectivity index (χ1) is 15.5. The highest BCUT2D eigenvalue weighted by Gasteiger charge is 2.46. The number of aliphatic hydroxyl groups excluding tert-OH is 2. The lowest BCUT2D eigenvalue weighted by molar-refractivity contribution is -0.134. The van der Waals surface area contributed by atoms with Crippen LogP contribution in [-0.4, -0.2) is 98.1 Å². The van der Waals surface area contributed by atoms with Crippen molar-refractivity contribution in [2.45, 2.75) is 25.0 Å². The van der Waals surface area contributed by atoms with E-state index in [4.69, 9.17) is 19.3 Å². The maximum atomic E-state index is 13.4. The van der Waals surface area contributed by atoms with Crippen LogP contribution in [0.1, 0.15) is 18.4 Å². The number of carbonyl (C=O) groups is 1. The van der Waals surface area contributed by atoms with Crippen LogP contribution in [0, 0.1) is 11.8 Å². The van der Waals surface area contributed by atoms with Gasteiger partial charge in [0.1, 0.15) is 6.10 Å². The van der Waals surface area contributed by atoms with Crippen molar-refractivity contribution in [2.24, 2.45) is 11.8 Å². The number of ketones is 1. The van der Waals surface area contributed by atoms with Crippen molar-refractivity contribution in [1.82, 2.24) is 9.80 Å². The Balaban J connectivity index is 1.48. The minimum atomic E-state index is -0.476. The molecule has 0 radical (unpaired) electrons. The molecule has 2 N–H and O–H groups in total. The number of methoxy groups -OCH3 is 2. The van der Waals surface area contributed by atoms with Crippen molar-refractivity contribution in [2.75, 3.05) is 60.1 Å². The molecule has 1 aliphatic carbocycles. The molecule has 8 heteroatoms. The average Bonchev–Trinajstić information content (AvgIpc) is 2.82. The van der Waals surface area contributed by atoms with Gasteiger partial charge in [-0.05, 0) is 30.5 Å². The van der Waals surface area contributed by atoms with Gasteiger partial charge in [-0.2, -0.15) is 0 Å². The molecule has 3 aliphatic rings. The molecule has 4 rings (SSSR count). The Morgan fingerprint density at radius 3 is 2.47 bits per heavy atom. The zero-order chi connectivity index (χ0) is 22.7. The third-order valence-corrected chi connectivity index (χ3v) is 7.08. The number of benzene rings is 1. The fourth-order valence-electron chi connectivity index (χ4n) is 5.20. The fourth-order valence-corrected chi connectivity index (χ4v) is 5.20. The van der Waals surface area contributed by atoms with Crippen LogP contribution >= 0.6 is 0 Å². The number of hydrogen-bond donors (Lipinski definition) is 2. The van der Waals surface area contributed by atoms with Crippen molar-refractivity contribution in [1.29, 1.82) is 0 Å². The molecular formula is C24H34N2O6. The summed E-state index contributed by atoms with van der Waals surface area (Å²) in [5, 5.41) is 19.9. The molecule has 0 bridgehead atoms. The highest BCUT2D eigenvalue weighted by Crippen LogP contribution is 2.41. The second-order valence-corrected chi connectivity index (χ2v) is 8.85. The normalized spacial score (nSPS) is 29.1. The Morgan fingerprint density at radius 1 is 1.06 bits per heavy atom. The van der Waals surface area contributed by atoms with E-state index in [2.05, 4.69) is 9.80 Å². The minimum absolute atomic E-state index is 0.0677. The van der Waals surface area contributed by atoms with Crippen molar-refractivity contribution in [3.63, 3.8) is 0 Å². The van der Waals surface area contributed by atoms with Crippen molar-refractivity contribution < 1.29 is 29.2 Å². The van der Waals surface area contributed by atoms with Crippen molar-refractivity contribution >= 4 is 11.4 Å². The van der Waals surface area contributed by atoms with E-state index < -0.39 is 6.10 Å². The third-order valence-electron chi connectivity index (χ3n) is 7.08. The van der Waals surface area contributed by atoms with Gasteiger partial charge in [0.15, 0.2) is 17.3 Å². The van der Waals surface area contributed by atoms with E-state index in [-0.39, 0.29) is 30.3 Å². The van der Waals surface area contributed by atoms with Crippen LogP contribution in [0.5, 0.6) is 11.5 Å². The zero-order valence-corrected chi connectivity index (χ0v) is 18.9. The van der Waals surface area contributed by atoms with Gasteiger partial charge in [-0.25, -0.2) is 0 Å². The third kappa shape index (κ3) is 4.64. The lowest BCUT2D eigenvalue weighted by Crippen LogP contribution is -2.55. The molecule has 8 nitrogen and oxygen atoms in total. The standard InChI is InChI=1S/C24H34N2O6/c1-30-21-6-3-16(13-22(21)31-2)19-15-32-24-17(23(19)29)4-5-20(28)18(24)14-26-9-7-25(8-10-26)11-12-27/h3,6,13,15,17-18,20,24,27-28H,4-5,7-12,14H2,1-2H3. The topological polar surface area (TPSA) is 91.7 Å². The summed E-state index contributed by atoms with van der Waals surface area (Å²) < 4.78 is 16.8. The number of piperazine rings is 1. The average molecular weight is 447 g/mol. The van der Waals surface area contributed by atoms with Crippen LogP contribution in [0.2, 0.25) is 0 Å². The molecule has 0 spiro atoms. The van der Waals surface area contributed by atoms with Gasteiger partial charge < -0.3 is 29.3 Å². The second-order valence-electron chi connectivity index (χ2n) is 8.85. The maximum Gasteiger partial charge on any atom is 0.173 e. The summed E-state index contributed by atoms with van der Waals surface area (Å²) in [5.74, 6) is 0.882. The molecule has 2 heterocycles.